The predicted octanol–water partition coefficient (Wildman–Crippen LogP) is 1.46. The van der Waals surface area contributed by atoms with Crippen LogP contribution in [-0.2, 0) is 30.3 Å². The molecule has 3 amide bonds. The van der Waals surface area contributed by atoms with Crippen LogP contribution < -0.4 is 5.32 Å². The second-order valence-corrected chi connectivity index (χ2v) is 9.42. The van der Waals surface area contributed by atoms with E-state index >= 15 is 0 Å². The summed E-state index contributed by atoms with van der Waals surface area (Å²) in [4.78, 5) is 54.4. The summed E-state index contributed by atoms with van der Waals surface area (Å²) in [5.74, 6) is -1.18. The van der Waals surface area contributed by atoms with Crippen LogP contribution in [0.25, 0.3) is 0 Å². The van der Waals surface area contributed by atoms with Gasteiger partial charge in [-0.15, -0.1) is 0 Å². The molecule has 1 heterocycles. The largest absolute Gasteiger partial charge is 0.468 e. The van der Waals surface area contributed by atoms with Crippen molar-refractivity contribution in [3.05, 3.63) is 35.6 Å². The van der Waals surface area contributed by atoms with E-state index in [1.807, 2.05) is 13.8 Å². The lowest BCUT2D eigenvalue weighted by Crippen LogP contribution is -2.48. The molecule has 0 unspecified atom stereocenters. The molecule has 10 heteroatoms. The van der Waals surface area contributed by atoms with E-state index in [0.717, 1.165) is 6.42 Å². The number of ether oxygens (including phenoxy) is 1. The van der Waals surface area contributed by atoms with Gasteiger partial charge in [0.05, 0.1) is 20.2 Å². The molecule has 1 fully saturated rings. The smallest absolute Gasteiger partial charge is 0.325 e. The van der Waals surface area contributed by atoms with Gasteiger partial charge in [0.15, 0.2) is 0 Å². The lowest BCUT2D eigenvalue weighted by molar-refractivity contribution is -0.148. The third-order valence-corrected chi connectivity index (χ3v) is 6.00. The Bertz CT molecular complexity index is 895. The minimum atomic E-state index is -0.544. The Balaban J connectivity index is 1.91. The predicted molar refractivity (Wildman–Crippen MR) is 133 cm³/mol. The first kappa shape index (κ1) is 29.2. The molecule has 0 saturated carbocycles. The van der Waals surface area contributed by atoms with Crippen molar-refractivity contribution < 1.29 is 28.3 Å². The highest BCUT2D eigenvalue weighted by molar-refractivity contribution is 5.87. The molecule has 1 aromatic carbocycles. The van der Waals surface area contributed by atoms with E-state index in [1.54, 1.807) is 23.1 Å². The first-order valence-electron chi connectivity index (χ1n) is 12.6. The van der Waals surface area contributed by atoms with Crippen LogP contribution in [-0.4, -0.2) is 97.9 Å². The maximum absolute atomic E-state index is 13.8. The van der Waals surface area contributed by atoms with E-state index < -0.39 is 5.97 Å². The molecule has 0 radical (unpaired) electrons. The van der Waals surface area contributed by atoms with Gasteiger partial charge < -0.3 is 24.8 Å². The maximum Gasteiger partial charge on any atom is 0.325 e. The van der Waals surface area contributed by atoms with Gasteiger partial charge in [-0.3, -0.25) is 19.2 Å². The normalized spacial score (nSPS) is 13.2. The number of nitrogens with zero attached hydrogens (tertiary/aromatic N) is 3. The summed E-state index contributed by atoms with van der Waals surface area (Å²) < 4.78 is 18.5. The fourth-order valence-electron chi connectivity index (χ4n) is 4.10. The van der Waals surface area contributed by atoms with Gasteiger partial charge in [-0.05, 0) is 43.4 Å². The van der Waals surface area contributed by atoms with E-state index in [-0.39, 0.29) is 55.6 Å². The van der Waals surface area contributed by atoms with Crippen molar-refractivity contribution in [3.63, 3.8) is 0 Å². The topological polar surface area (TPSA) is 99.3 Å². The van der Waals surface area contributed by atoms with Crippen molar-refractivity contribution in [1.29, 1.82) is 0 Å². The Labute approximate surface area is 212 Å². The van der Waals surface area contributed by atoms with Crippen molar-refractivity contribution >= 4 is 23.7 Å². The van der Waals surface area contributed by atoms with Gasteiger partial charge in [0.2, 0.25) is 17.7 Å². The molecule has 1 N–H and O–H groups in total. The van der Waals surface area contributed by atoms with E-state index in [4.69, 9.17) is 4.74 Å². The molecule has 1 aliphatic heterocycles. The lowest BCUT2D eigenvalue weighted by Gasteiger charge is -2.29. The van der Waals surface area contributed by atoms with Crippen molar-refractivity contribution in [2.24, 2.45) is 5.92 Å². The summed E-state index contributed by atoms with van der Waals surface area (Å²) >= 11 is 0. The minimum Gasteiger partial charge on any atom is -0.468 e. The minimum absolute atomic E-state index is 0.0164. The molecule has 0 atom stereocenters. The summed E-state index contributed by atoms with van der Waals surface area (Å²) in [6, 6.07) is 6.51. The molecular weight excluding hydrogens is 467 g/mol. The van der Waals surface area contributed by atoms with Gasteiger partial charge in [-0.25, -0.2) is 4.39 Å². The van der Waals surface area contributed by atoms with E-state index in [0.29, 0.717) is 51.0 Å². The molecule has 1 aromatic rings. The lowest BCUT2D eigenvalue weighted by atomic mass is 10.1. The van der Waals surface area contributed by atoms with Crippen molar-refractivity contribution in [3.8, 4) is 0 Å². The van der Waals surface area contributed by atoms with E-state index in [1.165, 1.54) is 23.0 Å². The third kappa shape index (κ3) is 9.93. The Morgan fingerprint density at radius 1 is 1.14 bits per heavy atom. The van der Waals surface area contributed by atoms with E-state index in [2.05, 4.69) is 5.32 Å². The SMILES string of the molecule is COC(=O)CN(CCCN1CCCC1=O)C(=O)CN(CC(C)C)C(=O)CNCCc1ccccc1F. The van der Waals surface area contributed by atoms with Gasteiger partial charge >= 0.3 is 5.97 Å². The first-order chi connectivity index (χ1) is 17.2. The second-order valence-electron chi connectivity index (χ2n) is 9.42. The molecule has 9 nitrogen and oxygen atoms in total. The number of rotatable bonds is 15. The van der Waals surface area contributed by atoms with Gasteiger partial charge in [0.25, 0.3) is 0 Å². The highest BCUT2D eigenvalue weighted by Crippen LogP contribution is 2.11. The zero-order valence-corrected chi connectivity index (χ0v) is 21.6. The molecule has 1 aliphatic rings. The number of nitrogens with one attached hydrogen (secondary N) is 1. The van der Waals surface area contributed by atoms with Crippen LogP contribution in [0.1, 0.15) is 38.7 Å². The average Bonchev–Trinajstić information content (AvgIpc) is 3.25. The number of carbonyl (C=O) groups excluding carboxylic acids is 4. The Morgan fingerprint density at radius 2 is 1.89 bits per heavy atom. The molecule has 36 heavy (non-hydrogen) atoms. The fourth-order valence-corrected chi connectivity index (χ4v) is 4.10. The summed E-state index contributed by atoms with van der Waals surface area (Å²) in [5.41, 5.74) is 0.570. The van der Waals surface area contributed by atoms with Gasteiger partial charge in [0.1, 0.15) is 12.4 Å². The summed E-state index contributed by atoms with van der Waals surface area (Å²) in [6.45, 7) is 5.86. The summed E-state index contributed by atoms with van der Waals surface area (Å²) in [7, 11) is 1.26. The Morgan fingerprint density at radius 3 is 2.53 bits per heavy atom. The van der Waals surface area contributed by atoms with Crippen molar-refractivity contribution in [1.82, 2.24) is 20.0 Å². The number of esters is 1. The zero-order chi connectivity index (χ0) is 26.5. The van der Waals surface area contributed by atoms with Crippen LogP contribution in [0.4, 0.5) is 4.39 Å². The molecule has 0 aliphatic carbocycles. The van der Waals surface area contributed by atoms with Crippen LogP contribution in [0, 0.1) is 11.7 Å². The van der Waals surface area contributed by atoms with Gasteiger partial charge in [0, 0.05) is 32.6 Å². The van der Waals surface area contributed by atoms with Crippen LogP contribution in [0.5, 0.6) is 0 Å². The number of hydrogen-bond acceptors (Lipinski definition) is 6. The Hall–Kier alpha value is -3.01. The average molecular weight is 507 g/mol. The zero-order valence-electron chi connectivity index (χ0n) is 21.6. The fraction of sp³-hybridized carbons (Fsp3) is 0.615. The molecule has 1 saturated heterocycles. The van der Waals surface area contributed by atoms with Crippen LogP contribution in [0.15, 0.2) is 24.3 Å². The second kappa shape index (κ2) is 15.2. The summed E-state index contributed by atoms with van der Waals surface area (Å²) in [6.07, 6.45) is 2.36. The highest BCUT2D eigenvalue weighted by Gasteiger charge is 2.25. The van der Waals surface area contributed by atoms with E-state index in [9.17, 15) is 23.6 Å². The molecule has 0 bridgehead atoms. The number of benzene rings is 1. The van der Waals surface area contributed by atoms with Crippen LogP contribution in [0.3, 0.4) is 0 Å². The number of methoxy groups -OCH3 is 1. The molecule has 2 rings (SSSR count). The quantitative estimate of drug-likeness (QED) is 0.286. The Kier molecular flexibility index (Phi) is 12.3. The number of likely N-dealkylation sites (tertiary alicyclic amines) is 1. The molecular formula is C26H39FN4O5. The monoisotopic (exact) mass is 506 g/mol. The molecule has 0 aromatic heterocycles. The number of carbonyl (C=O) groups is 4. The number of hydrogen-bond donors (Lipinski definition) is 1. The van der Waals surface area contributed by atoms with Crippen molar-refractivity contribution in [2.75, 3.05) is 59.5 Å². The standard InChI is InChI=1S/C26H39FN4O5/c1-20(2)17-31(24(33)16-28-12-11-21-8-4-5-9-22(21)27)18-25(34)30(19-26(35)36-3)15-7-14-29-13-6-10-23(29)32/h4-5,8-9,20,28H,6-7,10-19H2,1-3H3. The van der Waals surface area contributed by atoms with Crippen LogP contribution in [0.2, 0.25) is 0 Å². The van der Waals surface area contributed by atoms with Crippen LogP contribution >= 0.6 is 0 Å². The van der Waals surface area contributed by atoms with Crippen molar-refractivity contribution in [2.45, 2.75) is 39.5 Å². The molecule has 0 spiro atoms. The summed E-state index contributed by atoms with van der Waals surface area (Å²) in [5, 5.41) is 3.03. The first-order valence-corrected chi connectivity index (χ1v) is 12.6. The highest BCUT2D eigenvalue weighted by atomic mass is 19.1. The molecule has 200 valence electrons. The van der Waals surface area contributed by atoms with Gasteiger partial charge in [-0.1, -0.05) is 32.0 Å². The maximum atomic E-state index is 13.8. The number of amides is 3. The number of halogens is 1. The van der Waals surface area contributed by atoms with Gasteiger partial charge in [-0.2, -0.15) is 0 Å². The third-order valence-electron chi connectivity index (χ3n) is 6.00.